The highest BCUT2D eigenvalue weighted by atomic mass is 35.5. The Kier molecular flexibility index (Phi) is 7.43. The molecule has 1 saturated carbocycles. The number of nitrogens with one attached hydrogen (secondary N) is 2. The molecule has 198 valence electrons. The van der Waals surface area contributed by atoms with Gasteiger partial charge in [0, 0.05) is 13.0 Å². The molecule has 1 aromatic heterocycles. The van der Waals surface area contributed by atoms with E-state index in [4.69, 9.17) is 27.9 Å². The van der Waals surface area contributed by atoms with E-state index in [9.17, 15) is 37.0 Å². The number of halogens is 4. The number of ether oxygens (including phenoxy) is 1. The molecule has 1 aliphatic carbocycles. The van der Waals surface area contributed by atoms with Gasteiger partial charge in [-0.15, -0.1) is 0 Å². The fraction of sp³-hybridized carbons (Fsp3) is 0.286. The number of H-pyrrole nitrogens is 1. The lowest BCUT2D eigenvalue weighted by Gasteiger charge is -2.48. The van der Waals surface area contributed by atoms with Crippen molar-refractivity contribution in [3.8, 4) is 11.4 Å². The van der Waals surface area contributed by atoms with Gasteiger partial charge in [-0.25, -0.2) is 26.7 Å². The Morgan fingerprint density at radius 2 is 1.84 bits per heavy atom. The van der Waals surface area contributed by atoms with Crippen LogP contribution in [0, 0.1) is 0 Å². The van der Waals surface area contributed by atoms with Crippen LogP contribution >= 0.6 is 23.2 Å². The number of aliphatic hydroxyl groups is 2. The van der Waals surface area contributed by atoms with Crippen LogP contribution in [0.4, 0.5) is 8.78 Å². The Labute approximate surface area is 217 Å². The van der Waals surface area contributed by atoms with Gasteiger partial charge in [-0.3, -0.25) is 9.78 Å². The SMILES string of the molecule is O=c1[nH]c(=O)n(-c2cc(Cl)c(O[C@@H]3[C@H](O)C[C@@]3(O)CNS(=O)(=O)c3ccccc3)c(Cl)c2)nc1C(F)F. The monoisotopic (exact) mass is 578 g/mol. The molecule has 0 spiro atoms. The van der Waals surface area contributed by atoms with Crippen LogP contribution in [-0.4, -0.2) is 57.7 Å². The van der Waals surface area contributed by atoms with Crippen molar-refractivity contribution < 1.29 is 32.1 Å². The Bertz CT molecular complexity index is 1530. The topological polar surface area (TPSA) is 164 Å². The number of benzene rings is 2. The molecular weight excluding hydrogens is 561 g/mol. The van der Waals surface area contributed by atoms with E-state index in [2.05, 4.69) is 9.82 Å². The molecule has 0 saturated heterocycles. The lowest BCUT2D eigenvalue weighted by Crippen LogP contribution is -2.68. The largest absolute Gasteiger partial charge is 0.482 e. The van der Waals surface area contributed by atoms with Gasteiger partial charge in [-0.1, -0.05) is 41.4 Å². The van der Waals surface area contributed by atoms with Gasteiger partial charge in [0.2, 0.25) is 10.0 Å². The van der Waals surface area contributed by atoms with Crippen LogP contribution in [0.1, 0.15) is 18.5 Å². The normalized spacial score (nSPS) is 21.6. The quantitative estimate of drug-likeness (QED) is 0.311. The average molecular weight is 579 g/mol. The highest BCUT2D eigenvalue weighted by Gasteiger charge is 2.55. The van der Waals surface area contributed by atoms with Crippen molar-refractivity contribution in [3.05, 3.63) is 79.0 Å². The molecule has 0 radical (unpaired) electrons. The average Bonchev–Trinajstić information content (AvgIpc) is 2.82. The molecule has 3 atom stereocenters. The molecule has 4 rings (SSSR count). The van der Waals surface area contributed by atoms with Gasteiger partial charge in [-0.2, -0.15) is 9.78 Å². The fourth-order valence-corrected chi connectivity index (χ4v) is 5.37. The second kappa shape index (κ2) is 10.1. The van der Waals surface area contributed by atoms with Crippen molar-refractivity contribution in [2.45, 2.75) is 35.6 Å². The number of aromatic amines is 1. The lowest BCUT2D eigenvalue weighted by atomic mass is 9.74. The molecule has 37 heavy (non-hydrogen) atoms. The van der Waals surface area contributed by atoms with E-state index in [0.29, 0.717) is 4.68 Å². The standard InChI is InChI=1S/C21H18Cl2F2N4O7S/c22-12-6-10(29-20(32)27-19(31)15(28-29)18(24)25)7-13(23)16(12)36-17-14(30)8-21(17,33)9-26-37(34,35)11-4-2-1-3-5-11/h1-7,14,17-18,26,30,33H,8-9H2,(H,27,31,32)/t14-,17-,21-/m1/s1. The van der Waals surface area contributed by atoms with E-state index in [-0.39, 0.29) is 32.8 Å². The van der Waals surface area contributed by atoms with Gasteiger partial charge in [0.05, 0.1) is 26.7 Å². The molecule has 1 aliphatic rings. The van der Waals surface area contributed by atoms with Gasteiger partial charge in [-0.05, 0) is 24.3 Å². The molecular formula is C21H18Cl2F2N4O7S. The van der Waals surface area contributed by atoms with Crippen LogP contribution in [0.15, 0.2) is 56.9 Å². The first-order valence-corrected chi connectivity index (χ1v) is 12.7. The van der Waals surface area contributed by atoms with E-state index in [1.54, 1.807) is 11.1 Å². The summed E-state index contributed by atoms with van der Waals surface area (Å²) in [6, 6.07) is 9.58. The van der Waals surface area contributed by atoms with Gasteiger partial charge in [0.1, 0.15) is 5.60 Å². The number of alkyl halides is 2. The summed E-state index contributed by atoms with van der Waals surface area (Å²) in [5, 5.41) is 24.0. The van der Waals surface area contributed by atoms with Crippen molar-refractivity contribution in [1.82, 2.24) is 19.5 Å². The molecule has 11 nitrogen and oxygen atoms in total. The van der Waals surface area contributed by atoms with Crippen LogP contribution in [0.25, 0.3) is 5.69 Å². The molecule has 16 heteroatoms. The van der Waals surface area contributed by atoms with E-state index >= 15 is 0 Å². The summed E-state index contributed by atoms with van der Waals surface area (Å²) >= 11 is 12.4. The molecule has 0 aliphatic heterocycles. The summed E-state index contributed by atoms with van der Waals surface area (Å²) in [5.74, 6) is -0.244. The highest BCUT2D eigenvalue weighted by molar-refractivity contribution is 7.89. The minimum Gasteiger partial charge on any atom is -0.482 e. The van der Waals surface area contributed by atoms with Crippen LogP contribution < -0.4 is 20.7 Å². The van der Waals surface area contributed by atoms with Crippen LogP contribution in [0.3, 0.4) is 0 Å². The molecule has 2 aromatic carbocycles. The van der Waals surface area contributed by atoms with Crippen molar-refractivity contribution in [1.29, 1.82) is 0 Å². The van der Waals surface area contributed by atoms with Crippen molar-refractivity contribution in [3.63, 3.8) is 0 Å². The minimum atomic E-state index is -3.97. The number of sulfonamides is 1. The van der Waals surface area contributed by atoms with E-state index in [0.717, 1.165) is 12.1 Å². The second-order valence-corrected chi connectivity index (χ2v) is 10.7. The van der Waals surface area contributed by atoms with Crippen molar-refractivity contribution >= 4 is 33.2 Å². The third-order valence-electron chi connectivity index (χ3n) is 5.60. The van der Waals surface area contributed by atoms with Crippen LogP contribution in [0.2, 0.25) is 10.0 Å². The Morgan fingerprint density at radius 3 is 2.41 bits per heavy atom. The molecule has 0 amide bonds. The number of aromatic nitrogens is 3. The minimum absolute atomic E-state index is 0.0290. The fourth-order valence-electron chi connectivity index (χ4n) is 3.69. The summed E-state index contributed by atoms with van der Waals surface area (Å²) < 4.78 is 59.4. The summed E-state index contributed by atoms with van der Waals surface area (Å²) in [6.45, 7) is -0.508. The van der Waals surface area contributed by atoms with Gasteiger partial charge in [0.25, 0.3) is 12.0 Å². The predicted octanol–water partition coefficient (Wildman–Crippen LogP) is 1.39. The Hall–Kier alpha value is -2.88. The maximum Gasteiger partial charge on any atom is 0.349 e. The molecule has 4 N–H and O–H groups in total. The number of hydrogen-bond donors (Lipinski definition) is 4. The zero-order valence-corrected chi connectivity index (χ0v) is 20.8. The Balaban J connectivity index is 1.57. The van der Waals surface area contributed by atoms with E-state index < -0.39 is 57.7 Å². The van der Waals surface area contributed by atoms with Crippen molar-refractivity contribution in [2.24, 2.45) is 0 Å². The van der Waals surface area contributed by atoms with Gasteiger partial charge in [0.15, 0.2) is 17.5 Å². The molecule has 0 unspecified atom stereocenters. The van der Waals surface area contributed by atoms with Crippen molar-refractivity contribution in [2.75, 3.05) is 6.54 Å². The number of hydrogen-bond acceptors (Lipinski definition) is 8. The number of aliphatic hydroxyl groups excluding tert-OH is 1. The first-order valence-electron chi connectivity index (χ1n) is 10.5. The molecule has 1 fully saturated rings. The first kappa shape index (κ1) is 27.2. The van der Waals surface area contributed by atoms with Crippen LogP contribution in [0.5, 0.6) is 5.75 Å². The molecule has 3 aromatic rings. The number of nitrogens with zero attached hydrogens (tertiary/aromatic N) is 2. The van der Waals surface area contributed by atoms with Crippen LogP contribution in [-0.2, 0) is 10.0 Å². The third-order valence-corrected chi connectivity index (χ3v) is 7.57. The molecule has 1 heterocycles. The van der Waals surface area contributed by atoms with Gasteiger partial charge < -0.3 is 14.9 Å². The lowest BCUT2D eigenvalue weighted by molar-refractivity contribution is -0.197. The Morgan fingerprint density at radius 1 is 1.22 bits per heavy atom. The molecule has 0 bridgehead atoms. The smallest absolute Gasteiger partial charge is 0.349 e. The van der Waals surface area contributed by atoms with Gasteiger partial charge >= 0.3 is 5.69 Å². The maximum absolute atomic E-state index is 13.0. The first-order chi connectivity index (χ1) is 17.3. The third kappa shape index (κ3) is 5.39. The predicted molar refractivity (Wildman–Crippen MR) is 127 cm³/mol. The summed E-state index contributed by atoms with van der Waals surface area (Å²) in [7, 11) is -3.97. The zero-order chi connectivity index (χ0) is 27.1. The summed E-state index contributed by atoms with van der Waals surface area (Å²) in [4.78, 5) is 25.3. The van der Waals surface area contributed by atoms with E-state index in [1.807, 2.05) is 0 Å². The summed E-state index contributed by atoms with van der Waals surface area (Å²) in [6.07, 6.45) is -6.06. The number of rotatable bonds is 8. The summed E-state index contributed by atoms with van der Waals surface area (Å²) in [5.41, 5.74) is -5.71. The zero-order valence-electron chi connectivity index (χ0n) is 18.4. The highest BCUT2D eigenvalue weighted by Crippen LogP contribution is 2.41. The van der Waals surface area contributed by atoms with E-state index in [1.165, 1.54) is 24.3 Å². The second-order valence-electron chi connectivity index (χ2n) is 8.15. The maximum atomic E-state index is 13.0.